The lowest BCUT2D eigenvalue weighted by Gasteiger charge is -2.41. The first-order valence-corrected chi connectivity index (χ1v) is 15.5. The molecule has 0 saturated carbocycles. The van der Waals surface area contributed by atoms with E-state index in [1.807, 2.05) is 0 Å². The smallest absolute Gasteiger partial charge is 0.192 e. The minimum absolute atomic E-state index is 0.0725. The molecule has 1 aliphatic heterocycles. The van der Waals surface area contributed by atoms with Crippen LogP contribution in [-0.2, 0) is 9.16 Å². The number of hydrogen-bond donors (Lipinski definition) is 1. The Kier molecular flexibility index (Phi) is 12.6. The lowest BCUT2D eigenvalue weighted by atomic mass is 9.93. The van der Waals surface area contributed by atoms with Gasteiger partial charge >= 0.3 is 0 Å². The van der Waals surface area contributed by atoms with E-state index >= 15 is 0 Å². The summed E-state index contributed by atoms with van der Waals surface area (Å²) >= 11 is 0. The minimum atomic E-state index is -1.77. The SMILES string of the molecule is CCCCCCCCCCCC[C@@H](O[Si](C)(C)C(C)(C)C)[C@H](C)C[C@H]1O[C@@H]1CO. The average Bonchev–Trinajstić information content (AvgIpc) is 3.39. The van der Waals surface area contributed by atoms with Crippen LogP contribution in [0.5, 0.6) is 0 Å². The predicted molar refractivity (Wildman–Crippen MR) is 128 cm³/mol. The molecule has 4 heteroatoms. The second-order valence-corrected chi connectivity index (χ2v) is 15.8. The fourth-order valence-electron chi connectivity index (χ4n) is 3.91. The number of aliphatic hydroxyl groups is 1. The first-order chi connectivity index (χ1) is 13.6. The zero-order valence-corrected chi connectivity index (χ0v) is 21.8. The number of unbranched alkanes of at least 4 members (excludes halogenated alkanes) is 9. The van der Waals surface area contributed by atoms with E-state index in [-0.39, 0.29) is 23.9 Å². The molecule has 0 aliphatic carbocycles. The van der Waals surface area contributed by atoms with Crippen molar-refractivity contribution in [3.05, 3.63) is 0 Å². The largest absolute Gasteiger partial charge is 0.414 e. The molecule has 1 rings (SSSR count). The molecular formula is C25H52O3Si. The van der Waals surface area contributed by atoms with Crippen LogP contribution in [0.2, 0.25) is 18.1 Å². The highest BCUT2D eigenvalue weighted by atomic mass is 28.4. The summed E-state index contributed by atoms with van der Waals surface area (Å²) in [7, 11) is -1.77. The van der Waals surface area contributed by atoms with Gasteiger partial charge in [0.25, 0.3) is 0 Å². The molecule has 0 spiro atoms. The van der Waals surface area contributed by atoms with Gasteiger partial charge in [-0.15, -0.1) is 0 Å². The third kappa shape index (κ3) is 10.8. The first-order valence-electron chi connectivity index (χ1n) is 12.6. The maximum absolute atomic E-state index is 9.28. The van der Waals surface area contributed by atoms with Crippen LogP contribution >= 0.6 is 0 Å². The van der Waals surface area contributed by atoms with Crippen LogP contribution in [-0.4, -0.2) is 38.3 Å². The van der Waals surface area contributed by atoms with E-state index in [4.69, 9.17) is 9.16 Å². The first kappa shape index (κ1) is 27.1. The molecule has 0 radical (unpaired) electrons. The van der Waals surface area contributed by atoms with E-state index in [0.717, 1.165) is 6.42 Å². The highest BCUT2D eigenvalue weighted by molar-refractivity contribution is 6.74. The Labute approximate surface area is 183 Å². The lowest BCUT2D eigenvalue weighted by Crippen LogP contribution is -2.45. The van der Waals surface area contributed by atoms with Crippen molar-refractivity contribution in [3.8, 4) is 0 Å². The van der Waals surface area contributed by atoms with Crippen LogP contribution in [0.3, 0.4) is 0 Å². The molecule has 0 bridgehead atoms. The number of rotatable bonds is 17. The van der Waals surface area contributed by atoms with Crippen LogP contribution in [0.1, 0.15) is 112 Å². The quantitative estimate of drug-likeness (QED) is 0.148. The summed E-state index contributed by atoms with van der Waals surface area (Å²) in [5, 5.41) is 9.52. The number of ether oxygens (including phenoxy) is 1. The normalized spacial score (nSPS) is 21.9. The third-order valence-electron chi connectivity index (χ3n) is 7.20. The number of aliphatic hydroxyl groups excluding tert-OH is 1. The molecule has 0 unspecified atom stereocenters. The van der Waals surface area contributed by atoms with Gasteiger partial charge in [-0.3, -0.25) is 0 Å². The van der Waals surface area contributed by atoms with Crippen LogP contribution < -0.4 is 0 Å². The fraction of sp³-hybridized carbons (Fsp3) is 1.00. The Balaban J connectivity index is 2.36. The van der Waals surface area contributed by atoms with Crippen molar-refractivity contribution in [2.24, 2.45) is 5.92 Å². The molecule has 29 heavy (non-hydrogen) atoms. The lowest BCUT2D eigenvalue weighted by molar-refractivity contribution is 0.104. The summed E-state index contributed by atoms with van der Waals surface area (Å²) < 4.78 is 12.5. The van der Waals surface area contributed by atoms with Gasteiger partial charge in [0.1, 0.15) is 6.10 Å². The number of hydrogen-bond acceptors (Lipinski definition) is 3. The summed E-state index contributed by atoms with van der Waals surface area (Å²) in [6.07, 6.45) is 16.6. The van der Waals surface area contributed by atoms with Crippen LogP contribution in [0, 0.1) is 5.92 Å². The molecule has 3 nitrogen and oxygen atoms in total. The Morgan fingerprint density at radius 3 is 1.86 bits per heavy atom. The summed E-state index contributed by atoms with van der Waals surface area (Å²) in [4.78, 5) is 0. The van der Waals surface area contributed by atoms with Gasteiger partial charge in [0.05, 0.1) is 12.7 Å². The van der Waals surface area contributed by atoms with Crippen molar-refractivity contribution in [1.29, 1.82) is 0 Å². The van der Waals surface area contributed by atoms with Gasteiger partial charge in [-0.2, -0.15) is 0 Å². The molecule has 0 aromatic carbocycles. The monoisotopic (exact) mass is 428 g/mol. The van der Waals surface area contributed by atoms with Crippen LogP contribution in [0.15, 0.2) is 0 Å². The molecule has 4 atom stereocenters. The summed E-state index contributed by atoms with van der Waals surface area (Å²) in [6.45, 7) is 16.5. The molecule has 1 saturated heterocycles. The average molecular weight is 429 g/mol. The van der Waals surface area contributed by atoms with Gasteiger partial charge in [0.2, 0.25) is 0 Å². The molecule has 1 fully saturated rings. The maximum Gasteiger partial charge on any atom is 0.192 e. The van der Waals surface area contributed by atoms with Gasteiger partial charge in [0.15, 0.2) is 8.32 Å². The molecule has 1 heterocycles. The van der Waals surface area contributed by atoms with E-state index in [1.165, 1.54) is 70.6 Å². The van der Waals surface area contributed by atoms with Gasteiger partial charge < -0.3 is 14.3 Å². The van der Waals surface area contributed by atoms with E-state index in [0.29, 0.717) is 12.0 Å². The van der Waals surface area contributed by atoms with Gasteiger partial charge in [-0.1, -0.05) is 98.8 Å². The molecule has 0 aromatic rings. The van der Waals surface area contributed by atoms with Crippen molar-refractivity contribution < 1.29 is 14.3 Å². The topological polar surface area (TPSA) is 42.0 Å². The Morgan fingerprint density at radius 1 is 0.897 bits per heavy atom. The van der Waals surface area contributed by atoms with Gasteiger partial charge in [-0.25, -0.2) is 0 Å². The maximum atomic E-state index is 9.28. The zero-order valence-electron chi connectivity index (χ0n) is 20.8. The van der Waals surface area contributed by atoms with E-state index in [1.54, 1.807) is 0 Å². The van der Waals surface area contributed by atoms with Crippen molar-refractivity contribution >= 4 is 8.32 Å². The fourth-order valence-corrected chi connectivity index (χ4v) is 5.37. The zero-order chi connectivity index (χ0) is 21.9. The van der Waals surface area contributed by atoms with Crippen LogP contribution in [0.4, 0.5) is 0 Å². The highest BCUT2D eigenvalue weighted by Gasteiger charge is 2.43. The molecular weight excluding hydrogens is 376 g/mol. The Bertz CT molecular complexity index is 419. The highest BCUT2D eigenvalue weighted by Crippen LogP contribution is 2.40. The van der Waals surface area contributed by atoms with Crippen molar-refractivity contribution in [2.75, 3.05) is 6.61 Å². The van der Waals surface area contributed by atoms with Crippen LogP contribution in [0.25, 0.3) is 0 Å². The molecule has 1 aliphatic rings. The van der Waals surface area contributed by atoms with Crippen molar-refractivity contribution in [1.82, 2.24) is 0 Å². The Hall–Kier alpha value is 0.0969. The Morgan fingerprint density at radius 2 is 1.41 bits per heavy atom. The van der Waals surface area contributed by atoms with Crippen molar-refractivity contribution in [2.45, 2.75) is 148 Å². The molecule has 1 N–H and O–H groups in total. The van der Waals surface area contributed by atoms with E-state index < -0.39 is 8.32 Å². The molecule has 0 aromatic heterocycles. The van der Waals surface area contributed by atoms with Gasteiger partial charge in [-0.05, 0) is 36.9 Å². The number of epoxide rings is 1. The van der Waals surface area contributed by atoms with E-state index in [2.05, 4.69) is 47.7 Å². The van der Waals surface area contributed by atoms with Gasteiger partial charge in [0, 0.05) is 6.10 Å². The molecule has 0 amide bonds. The minimum Gasteiger partial charge on any atom is -0.414 e. The summed E-state index contributed by atoms with van der Waals surface area (Å²) in [5.74, 6) is 0.490. The third-order valence-corrected chi connectivity index (χ3v) is 11.7. The van der Waals surface area contributed by atoms with E-state index in [9.17, 15) is 5.11 Å². The molecule has 174 valence electrons. The second-order valence-electron chi connectivity index (χ2n) is 11.0. The second kappa shape index (κ2) is 13.5. The van der Waals surface area contributed by atoms with Crippen molar-refractivity contribution in [3.63, 3.8) is 0 Å². The predicted octanol–water partition coefficient (Wildman–Crippen LogP) is 7.47. The summed E-state index contributed by atoms with van der Waals surface area (Å²) in [6, 6.07) is 0. The summed E-state index contributed by atoms with van der Waals surface area (Å²) in [5.41, 5.74) is 0. The standard InChI is InChI=1S/C25H52O3Si/c1-8-9-10-11-12-13-14-15-16-17-18-22(28-29(6,7)25(3,4)5)21(2)19-23-24(20-26)27-23/h21-24,26H,8-20H2,1-7H3/t21-,22-,23-,24-/m1/s1.